The van der Waals surface area contributed by atoms with Crippen LogP contribution in [0.4, 0.5) is 0 Å². The quantitative estimate of drug-likeness (QED) is 0.788. The number of carbonyl (C=O) groups excluding carboxylic acids is 1. The summed E-state index contributed by atoms with van der Waals surface area (Å²) in [5.74, 6) is 2.72. The lowest BCUT2D eigenvalue weighted by Crippen LogP contribution is -2.63. The number of hydrogen-bond donors (Lipinski definition) is 1. The van der Waals surface area contributed by atoms with Gasteiger partial charge in [0.1, 0.15) is 5.54 Å². The molecule has 1 aromatic rings. The molecule has 5 rings (SSSR count). The second kappa shape index (κ2) is 7.58. The van der Waals surface area contributed by atoms with Gasteiger partial charge in [-0.15, -0.1) is 0 Å². The fourth-order valence-electron chi connectivity index (χ4n) is 5.86. The first-order chi connectivity index (χ1) is 13.4. The molecule has 5 atom stereocenters. The number of aromatic nitrogens is 1. The molecule has 1 saturated heterocycles. The van der Waals surface area contributed by atoms with Crippen LogP contribution in [-0.4, -0.2) is 46.7 Å². The Kier molecular flexibility index (Phi) is 5.30. The van der Waals surface area contributed by atoms with Crippen molar-refractivity contribution in [2.75, 3.05) is 13.1 Å². The average Bonchev–Trinajstić information content (AvgIpc) is 2.95. The molecule has 2 fully saturated rings. The number of carbonyl (C=O) groups is 1. The Bertz CT molecular complexity index is 731. The zero-order chi connectivity index (χ0) is 19.9. The molecule has 5 unspecified atom stereocenters. The first kappa shape index (κ1) is 19.6. The van der Waals surface area contributed by atoms with Crippen molar-refractivity contribution in [3.05, 3.63) is 30.1 Å². The Morgan fingerprint density at radius 1 is 1.25 bits per heavy atom. The van der Waals surface area contributed by atoms with E-state index >= 15 is 0 Å². The van der Waals surface area contributed by atoms with Crippen LogP contribution < -0.4 is 5.32 Å². The van der Waals surface area contributed by atoms with Gasteiger partial charge in [0.15, 0.2) is 0 Å². The van der Waals surface area contributed by atoms with Crippen LogP contribution in [0.2, 0.25) is 0 Å². The highest BCUT2D eigenvalue weighted by atomic mass is 16.2. The summed E-state index contributed by atoms with van der Waals surface area (Å²) in [5, 5.41) is 3.21. The van der Waals surface area contributed by atoms with Gasteiger partial charge in [-0.2, -0.15) is 0 Å². The molecule has 0 radical (unpaired) electrons. The lowest BCUT2D eigenvalue weighted by molar-refractivity contribution is -0.132. The highest BCUT2D eigenvalue weighted by Crippen LogP contribution is 2.54. The maximum Gasteiger partial charge on any atom is 0.248 e. The highest BCUT2D eigenvalue weighted by molar-refractivity contribution is 5.91. The van der Waals surface area contributed by atoms with Crippen LogP contribution in [0.25, 0.3) is 0 Å². The van der Waals surface area contributed by atoms with Gasteiger partial charge in [-0.3, -0.25) is 19.7 Å². The number of nitrogens with zero attached hydrogens (tertiary/aromatic N) is 3. The molecule has 4 bridgehead atoms. The Hall–Kier alpha value is -1.75. The zero-order valence-corrected chi connectivity index (χ0v) is 17.6. The predicted molar refractivity (Wildman–Crippen MR) is 112 cm³/mol. The summed E-state index contributed by atoms with van der Waals surface area (Å²) >= 11 is 0. The summed E-state index contributed by atoms with van der Waals surface area (Å²) < 4.78 is 0. The molecule has 3 aliphatic heterocycles. The van der Waals surface area contributed by atoms with Gasteiger partial charge in [-0.25, -0.2) is 0 Å². The number of likely N-dealkylation sites (tertiary alicyclic amines) is 1. The number of amides is 1. The third kappa shape index (κ3) is 3.38. The van der Waals surface area contributed by atoms with E-state index in [4.69, 9.17) is 4.99 Å². The van der Waals surface area contributed by atoms with Crippen molar-refractivity contribution in [3.63, 3.8) is 0 Å². The van der Waals surface area contributed by atoms with Gasteiger partial charge < -0.3 is 5.32 Å². The van der Waals surface area contributed by atoms with Crippen LogP contribution in [0.5, 0.6) is 0 Å². The SMILES string of the molecule is CC(C)CC1C2C3C=NC1(C(=O)NCc1ccncc1)CC3CN2CC(C)C. The minimum Gasteiger partial charge on any atom is -0.350 e. The van der Waals surface area contributed by atoms with Crippen molar-refractivity contribution in [1.82, 2.24) is 15.2 Å². The van der Waals surface area contributed by atoms with Gasteiger partial charge in [0.05, 0.1) is 0 Å². The summed E-state index contributed by atoms with van der Waals surface area (Å²) in [6, 6.07) is 4.38. The molecule has 1 N–H and O–H groups in total. The van der Waals surface area contributed by atoms with Crippen LogP contribution in [0.15, 0.2) is 29.5 Å². The number of nitrogens with one attached hydrogen (secondary N) is 1. The summed E-state index contributed by atoms with van der Waals surface area (Å²) in [4.78, 5) is 25.2. The van der Waals surface area contributed by atoms with Gasteiger partial charge in [-0.05, 0) is 48.3 Å². The van der Waals surface area contributed by atoms with Gasteiger partial charge in [-0.1, -0.05) is 27.7 Å². The van der Waals surface area contributed by atoms with Crippen molar-refractivity contribution >= 4 is 12.1 Å². The summed E-state index contributed by atoms with van der Waals surface area (Å²) in [6.07, 6.45) is 7.65. The van der Waals surface area contributed by atoms with Crippen LogP contribution >= 0.6 is 0 Å². The average molecular weight is 383 g/mol. The second-order valence-electron chi connectivity index (χ2n) is 9.86. The number of aliphatic imine (C=N–C) groups is 1. The first-order valence-corrected chi connectivity index (χ1v) is 10.9. The van der Waals surface area contributed by atoms with Crippen molar-refractivity contribution in [3.8, 4) is 0 Å². The fraction of sp³-hybridized carbons (Fsp3) is 0.696. The minimum absolute atomic E-state index is 0.116. The Balaban J connectivity index is 1.60. The monoisotopic (exact) mass is 382 g/mol. The van der Waals surface area contributed by atoms with E-state index in [0.29, 0.717) is 42.2 Å². The molecule has 5 heteroatoms. The molecule has 4 aliphatic rings. The van der Waals surface area contributed by atoms with Crippen LogP contribution in [0, 0.1) is 29.6 Å². The minimum atomic E-state index is -0.590. The molecular weight excluding hydrogens is 348 g/mol. The largest absolute Gasteiger partial charge is 0.350 e. The Morgan fingerprint density at radius 3 is 2.68 bits per heavy atom. The Morgan fingerprint density at radius 2 is 2.00 bits per heavy atom. The highest BCUT2D eigenvalue weighted by Gasteiger charge is 2.63. The molecule has 28 heavy (non-hydrogen) atoms. The maximum absolute atomic E-state index is 13.5. The molecule has 0 spiro atoms. The third-order valence-corrected chi connectivity index (χ3v) is 6.83. The summed E-state index contributed by atoms with van der Waals surface area (Å²) in [7, 11) is 0. The van der Waals surface area contributed by atoms with E-state index in [1.165, 1.54) is 0 Å². The van der Waals surface area contributed by atoms with Crippen LogP contribution in [0.3, 0.4) is 0 Å². The molecule has 1 saturated carbocycles. The van der Waals surface area contributed by atoms with E-state index in [0.717, 1.165) is 31.5 Å². The smallest absolute Gasteiger partial charge is 0.248 e. The van der Waals surface area contributed by atoms with Gasteiger partial charge >= 0.3 is 0 Å². The molecule has 5 nitrogen and oxygen atoms in total. The van der Waals surface area contributed by atoms with Gasteiger partial charge in [0, 0.05) is 56.1 Å². The molecule has 4 heterocycles. The van der Waals surface area contributed by atoms with Crippen molar-refractivity contribution < 1.29 is 4.79 Å². The first-order valence-electron chi connectivity index (χ1n) is 10.9. The van der Waals surface area contributed by atoms with Gasteiger partial charge in [0.2, 0.25) is 5.91 Å². The fourth-order valence-corrected chi connectivity index (χ4v) is 5.86. The van der Waals surface area contributed by atoms with E-state index in [1.807, 2.05) is 12.1 Å². The standard InChI is InChI=1S/C23H34N4O/c1-15(2)9-20-21-19-12-26-23(20,10-18(19)14-27(21)13-16(3)4)22(28)25-11-17-5-7-24-8-6-17/h5-8,12,15-16,18-21H,9-11,13-14H2,1-4H3,(H,25,28). The third-order valence-electron chi connectivity index (χ3n) is 6.83. The van der Waals surface area contributed by atoms with Crippen molar-refractivity contribution in [1.29, 1.82) is 0 Å². The molecule has 1 aliphatic carbocycles. The topological polar surface area (TPSA) is 57.6 Å². The van der Waals surface area contributed by atoms with Crippen molar-refractivity contribution in [2.24, 2.45) is 34.6 Å². The van der Waals surface area contributed by atoms with E-state index in [-0.39, 0.29) is 5.91 Å². The lowest BCUT2D eigenvalue weighted by Gasteiger charge is -2.51. The van der Waals surface area contributed by atoms with E-state index in [9.17, 15) is 4.79 Å². The predicted octanol–water partition coefficient (Wildman–Crippen LogP) is 3.16. The molecule has 1 aromatic heterocycles. The van der Waals surface area contributed by atoms with Crippen molar-refractivity contribution in [2.45, 2.75) is 58.7 Å². The number of hydrogen-bond acceptors (Lipinski definition) is 4. The molecule has 0 aromatic carbocycles. The number of pyridine rings is 1. The molecule has 152 valence electrons. The normalized spacial score (nSPS) is 33.8. The van der Waals surface area contributed by atoms with Crippen LogP contribution in [-0.2, 0) is 11.3 Å². The summed E-state index contributed by atoms with van der Waals surface area (Å²) in [6.45, 7) is 11.9. The van der Waals surface area contributed by atoms with Gasteiger partial charge in [0.25, 0.3) is 0 Å². The van der Waals surface area contributed by atoms with E-state index < -0.39 is 5.54 Å². The van der Waals surface area contributed by atoms with E-state index in [2.05, 4.69) is 49.1 Å². The number of rotatable bonds is 7. The van der Waals surface area contributed by atoms with Crippen LogP contribution in [0.1, 0.15) is 46.1 Å². The lowest BCUT2D eigenvalue weighted by atomic mass is 9.59. The molecule has 1 amide bonds. The zero-order valence-electron chi connectivity index (χ0n) is 17.6. The van der Waals surface area contributed by atoms with E-state index in [1.54, 1.807) is 12.4 Å². The summed E-state index contributed by atoms with van der Waals surface area (Å²) in [5.41, 5.74) is 0.491. The second-order valence-corrected chi connectivity index (χ2v) is 9.86. The Labute approximate surface area is 169 Å². The molecular formula is C23H34N4O. The maximum atomic E-state index is 13.5.